The van der Waals surface area contributed by atoms with Crippen molar-refractivity contribution in [2.75, 3.05) is 12.5 Å². The fourth-order valence-corrected chi connectivity index (χ4v) is 1.81. The number of anilines is 1. The van der Waals surface area contributed by atoms with Crippen LogP contribution in [0.25, 0.3) is 0 Å². The summed E-state index contributed by atoms with van der Waals surface area (Å²) in [6.07, 6.45) is 2.80. The van der Waals surface area contributed by atoms with Crippen LogP contribution in [0.5, 0.6) is 5.75 Å². The van der Waals surface area contributed by atoms with Crippen molar-refractivity contribution in [2.24, 2.45) is 5.84 Å². The molecule has 0 unspecified atom stereocenters. The number of hydrazine groups is 1. The molecule has 0 spiro atoms. The highest BCUT2D eigenvalue weighted by Gasteiger charge is 2.13. The predicted octanol–water partition coefficient (Wildman–Crippen LogP) is 0.0401. The number of aromatic amines is 1. The van der Waals surface area contributed by atoms with Crippen LogP contribution >= 0.6 is 11.8 Å². The molecule has 2 aromatic heterocycles. The molecule has 0 saturated carbocycles. The monoisotopic (exact) mass is 239 g/mol. The third-order valence-electron chi connectivity index (χ3n) is 1.70. The van der Waals surface area contributed by atoms with Gasteiger partial charge in [-0.25, -0.2) is 20.8 Å². The third kappa shape index (κ3) is 2.04. The molecule has 8 nitrogen and oxygen atoms in total. The minimum Gasteiger partial charge on any atom is -0.490 e. The standard InChI is InChI=1S/C7H9N7OS/c1-15-4-5(13-8)9-2-10-6(4)16-7-11-3-12-14-7/h2-3H,8H2,1H3,(H,9,10,13)(H,11,12,14). The van der Waals surface area contributed by atoms with Gasteiger partial charge in [0.2, 0.25) is 0 Å². The lowest BCUT2D eigenvalue weighted by molar-refractivity contribution is 0.400. The number of nitrogen functional groups attached to an aromatic ring is 1. The van der Waals surface area contributed by atoms with Gasteiger partial charge in [0.15, 0.2) is 21.7 Å². The highest BCUT2D eigenvalue weighted by atomic mass is 32.2. The summed E-state index contributed by atoms with van der Waals surface area (Å²) in [5.41, 5.74) is 2.43. The van der Waals surface area contributed by atoms with Gasteiger partial charge in [0.05, 0.1) is 7.11 Å². The molecular formula is C7H9N7OS. The van der Waals surface area contributed by atoms with Crippen LogP contribution in [0.2, 0.25) is 0 Å². The Morgan fingerprint density at radius 1 is 1.38 bits per heavy atom. The molecule has 2 aromatic rings. The highest BCUT2D eigenvalue weighted by molar-refractivity contribution is 7.99. The molecule has 9 heteroatoms. The molecule has 0 aromatic carbocycles. The number of nitrogens with one attached hydrogen (secondary N) is 2. The van der Waals surface area contributed by atoms with Crippen LogP contribution in [-0.4, -0.2) is 32.3 Å². The normalized spacial score (nSPS) is 10.1. The van der Waals surface area contributed by atoms with Gasteiger partial charge in [-0.2, -0.15) is 5.10 Å². The number of rotatable bonds is 4. The molecule has 0 radical (unpaired) electrons. The lowest BCUT2D eigenvalue weighted by Crippen LogP contribution is -2.10. The van der Waals surface area contributed by atoms with Gasteiger partial charge >= 0.3 is 0 Å². The van der Waals surface area contributed by atoms with E-state index in [1.54, 1.807) is 0 Å². The first-order valence-electron chi connectivity index (χ1n) is 4.24. The van der Waals surface area contributed by atoms with E-state index in [0.717, 1.165) is 0 Å². The molecule has 0 aliphatic carbocycles. The Kier molecular flexibility index (Phi) is 3.17. The fraction of sp³-hybridized carbons (Fsp3) is 0.143. The van der Waals surface area contributed by atoms with Gasteiger partial charge < -0.3 is 10.2 Å². The molecule has 0 aliphatic heterocycles. The Balaban J connectivity index is 2.33. The number of nitrogens with zero attached hydrogens (tertiary/aromatic N) is 4. The average Bonchev–Trinajstić information content (AvgIpc) is 2.81. The Morgan fingerprint density at radius 2 is 2.25 bits per heavy atom. The zero-order chi connectivity index (χ0) is 11.4. The topological polar surface area (TPSA) is 115 Å². The van der Waals surface area contributed by atoms with Crippen LogP contribution in [0.4, 0.5) is 5.82 Å². The number of ether oxygens (including phenoxy) is 1. The van der Waals surface area contributed by atoms with Crippen molar-refractivity contribution in [3.63, 3.8) is 0 Å². The lowest BCUT2D eigenvalue weighted by atomic mass is 10.5. The van der Waals surface area contributed by atoms with E-state index in [0.29, 0.717) is 21.7 Å². The first-order chi connectivity index (χ1) is 7.85. The molecular weight excluding hydrogens is 230 g/mol. The minimum absolute atomic E-state index is 0.416. The van der Waals surface area contributed by atoms with E-state index in [-0.39, 0.29) is 0 Å². The van der Waals surface area contributed by atoms with Crippen LogP contribution in [0.3, 0.4) is 0 Å². The number of hydrogen-bond acceptors (Lipinski definition) is 8. The van der Waals surface area contributed by atoms with Crippen molar-refractivity contribution in [3.8, 4) is 5.75 Å². The molecule has 2 heterocycles. The second-order valence-corrected chi connectivity index (χ2v) is 3.58. The van der Waals surface area contributed by atoms with Crippen LogP contribution in [-0.2, 0) is 0 Å². The van der Waals surface area contributed by atoms with Gasteiger partial charge in [-0.3, -0.25) is 5.10 Å². The molecule has 0 fully saturated rings. The fourth-order valence-electron chi connectivity index (χ4n) is 1.05. The smallest absolute Gasteiger partial charge is 0.195 e. The quantitative estimate of drug-likeness (QED) is 0.389. The van der Waals surface area contributed by atoms with Crippen LogP contribution in [0.1, 0.15) is 0 Å². The molecule has 0 saturated heterocycles. The van der Waals surface area contributed by atoms with Crippen molar-refractivity contribution in [3.05, 3.63) is 12.7 Å². The predicted molar refractivity (Wildman–Crippen MR) is 56.9 cm³/mol. The van der Waals surface area contributed by atoms with E-state index >= 15 is 0 Å². The molecule has 0 atom stereocenters. The molecule has 0 aliphatic rings. The summed E-state index contributed by atoms with van der Waals surface area (Å²) in [5, 5.41) is 7.65. The first-order valence-corrected chi connectivity index (χ1v) is 5.05. The summed E-state index contributed by atoms with van der Waals surface area (Å²) in [4.78, 5) is 12.0. The summed E-state index contributed by atoms with van der Waals surface area (Å²) in [7, 11) is 1.52. The van der Waals surface area contributed by atoms with Crippen LogP contribution in [0, 0.1) is 0 Å². The SMILES string of the molecule is COc1c(NN)ncnc1Sc1ncn[nH]1. The molecule has 0 bridgehead atoms. The van der Waals surface area contributed by atoms with Crippen LogP contribution in [0.15, 0.2) is 22.8 Å². The molecule has 0 amide bonds. The van der Waals surface area contributed by atoms with E-state index < -0.39 is 0 Å². The van der Waals surface area contributed by atoms with E-state index in [2.05, 4.69) is 30.6 Å². The van der Waals surface area contributed by atoms with E-state index in [4.69, 9.17) is 10.6 Å². The zero-order valence-corrected chi connectivity index (χ0v) is 9.15. The molecule has 4 N–H and O–H groups in total. The Labute approximate surface area is 95.0 Å². The van der Waals surface area contributed by atoms with Crippen molar-refractivity contribution < 1.29 is 4.74 Å². The first kappa shape index (κ1) is 10.6. The van der Waals surface area contributed by atoms with Gasteiger partial charge in [0.25, 0.3) is 0 Å². The summed E-state index contributed by atoms with van der Waals surface area (Å²) in [6, 6.07) is 0. The minimum atomic E-state index is 0.416. The van der Waals surface area contributed by atoms with Crippen LogP contribution < -0.4 is 16.0 Å². The van der Waals surface area contributed by atoms with Crippen molar-refractivity contribution in [1.29, 1.82) is 0 Å². The van der Waals surface area contributed by atoms with Crippen molar-refractivity contribution >= 4 is 17.6 Å². The summed E-state index contributed by atoms with van der Waals surface area (Å²) >= 11 is 1.27. The molecule has 16 heavy (non-hydrogen) atoms. The maximum Gasteiger partial charge on any atom is 0.195 e. The lowest BCUT2D eigenvalue weighted by Gasteiger charge is -2.08. The van der Waals surface area contributed by atoms with Gasteiger partial charge in [0.1, 0.15) is 12.7 Å². The summed E-state index contributed by atoms with van der Waals surface area (Å²) < 4.78 is 5.17. The van der Waals surface area contributed by atoms with E-state index in [1.807, 2.05) is 0 Å². The maximum absolute atomic E-state index is 5.30. The summed E-state index contributed by atoms with van der Waals surface area (Å²) in [6.45, 7) is 0. The number of methoxy groups -OCH3 is 1. The Hall–Kier alpha value is -1.87. The van der Waals surface area contributed by atoms with Crippen molar-refractivity contribution in [1.82, 2.24) is 25.1 Å². The highest BCUT2D eigenvalue weighted by Crippen LogP contribution is 2.34. The zero-order valence-electron chi connectivity index (χ0n) is 8.34. The third-order valence-corrected chi connectivity index (χ3v) is 2.57. The number of aromatic nitrogens is 5. The number of nitrogens with two attached hydrogens (primary N) is 1. The second-order valence-electron chi connectivity index (χ2n) is 2.60. The van der Waals surface area contributed by atoms with Gasteiger partial charge in [0, 0.05) is 0 Å². The van der Waals surface area contributed by atoms with E-state index in [9.17, 15) is 0 Å². The summed E-state index contributed by atoms with van der Waals surface area (Å²) in [5.74, 6) is 6.18. The Bertz CT molecular complexity index is 460. The largest absolute Gasteiger partial charge is 0.490 e. The van der Waals surface area contributed by atoms with Crippen molar-refractivity contribution in [2.45, 2.75) is 10.2 Å². The van der Waals surface area contributed by atoms with Gasteiger partial charge in [-0.05, 0) is 11.8 Å². The molecule has 84 valence electrons. The van der Waals surface area contributed by atoms with Gasteiger partial charge in [-0.1, -0.05) is 0 Å². The Morgan fingerprint density at radius 3 is 2.88 bits per heavy atom. The maximum atomic E-state index is 5.30. The second kappa shape index (κ2) is 4.77. The van der Waals surface area contributed by atoms with E-state index in [1.165, 1.54) is 31.5 Å². The molecule has 2 rings (SSSR count). The number of hydrogen-bond donors (Lipinski definition) is 3. The van der Waals surface area contributed by atoms with Gasteiger partial charge in [-0.15, -0.1) is 0 Å². The average molecular weight is 239 g/mol. The number of H-pyrrole nitrogens is 1.